The summed E-state index contributed by atoms with van der Waals surface area (Å²) in [6, 6.07) is 6.18. The molecule has 142 valence electrons. The quantitative estimate of drug-likeness (QED) is 0.373. The van der Waals surface area contributed by atoms with Gasteiger partial charge in [-0.2, -0.15) is 0 Å². The topological polar surface area (TPSA) is 127 Å². The van der Waals surface area contributed by atoms with Crippen LogP contribution in [0, 0.1) is 6.92 Å². The smallest absolute Gasteiger partial charge is 0.255 e. The molecule has 0 aliphatic carbocycles. The molecule has 0 spiro atoms. The standard InChI is InChI=1S/C20H19N5O3/c1-10-16(26)6-5-13(17(10)27)20(28)24-11(2)18-23-9-15(25-18)14-8-22-19-12(14)4-3-7-21-19/h3-9,11,26-27H,1-2H3,(H,21,22)(H,23,25)(H,24,28)/t11-/m1/s1. The molecule has 4 aromatic rings. The van der Waals surface area contributed by atoms with Gasteiger partial charge in [-0.1, -0.05) is 0 Å². The summed E-state index contributed by atoms with van der Waals surface area (Å²) < 4.78 is 0. The fourth-order valence-corrected chi connectivity index (χ4v) is 3.09. The Morgan fingerprint density at radius 1 is 1.21 bits per heavy atom. The number of hydrogen-bond donors (Lipinski definition) is 5. The van der Waals surface area contributed by atoms with E-state index in [9.17, 15) is 15.0 Å². The molecule has 5 N–H and O–H groups in total. The SMILES string of the molecule is Cc1c(O)ccc(C(=O)N[C@H](C)c2ncc(-c3c[nH]c4ncccc34)[nH]2)c1O. The summed E-state index contributed by atoms with van der Waals surface area (Å²) >= 11 is 0. The lowest BCUT2D eigenvalue weighted by Gasteiger charge is -2.13. The van der Waals surface area contributed by atoms with Gasteiger partial charge in [0.15, 0.2) is 0 Å². The van der Waals surface area contributed by atoms with Crippen molar-refractivity contribution in [2.75, 3.05) is 0 Å². The van der Waals surface area contributed by atoms with Gasteiger partial charge in [0.2, 0.25) is 0 Å². The minimum atomic E-state index is -0.456. The van der Waals surface area contributed by atoms with E-state index in [1.807, 2.05) is 18.3 Å². The number of imidazole rings is 1. The first-order chi connectivity index (χ1) is 13.5. The van der Waals surface area contributed by atoms with Gasteiger partial charge in [-0.3, -0.25) is 4.79 Å². The number of fused-ring (bicyclic) bond motifs is 1. The van der Waals surface area contributed by atoms with E-state index in [0.29, 0.717) is 5.82 Å². The molecule has 3 aromatic heterocycles. The summed E-state index contributed by atoms with van der Waals surface area (Å²) in [5.41, 5.74) is 2.88. The predicted octanol–water partition coefficient (Wildman–Crippen LogP) is 3.16. The molecule has 1 amide bonds. The molecule has 3 heterocycles. The number of H-pyrrole nitrogens is 2. The van der Waals surface area contributed by atoms with Crippen molar-refractivity contribution >= 4 is 16.9 Å². The van der Waals surface area contributed by atoms with Gasteiger partial charge in [0.25, 0.3) is 5.91 Å². The second kappa shape index (κ2) is 6.73. The fourth-order valence-electron chi connectivity index (χ4n) is 3.09. The summed E-state index contributed by atoms with van der Waals surface area (Å²) in [5.74, 6) is -0.180. The first-order valence-electron chi connectivity index (χ1n) is 8.75. The third-order valence-corrected chi connectivity index (χ3v) is 4.74. The lowest BCUT2D eigenvalue weighted by molar-refractivity contribution is 0.0935. The van der Waals surface area contributed by atoms with Crippen LogP contribution in [0.2, 0.25) is 0 Å². The number of benzene rings is 1. The zero-order valence-electron chi connectivity index (χ0n) is 15.3. The fraction of sp³-hybridized carbons (Fsp3) is 0.150. The molecule has 1 aromatic carbocycles. The first kappa shape index (κ1) is 17.6. The van der Waals surface area contributed by atoms with Gasteiger partial charge in [0, 0.05) is 28.9 Å². The zero-order valence-corrected chi connectivity index (χ0v) is 15.3. The van der Waals surface area contributed by atoms with Crippen LogP contribution in [0.15, 0.2) is 42.9 Å². The molecule has 0 saturated carbocycles. The molecular weight excluding hydrogens is 358 g/mol. The molecule has 0 saturated heterocycles. The number of amides is 1. The van der Waals surface area contributed by atoms with Crippen molar-refractivity contribution in [1.29, 1.82) is 0 Å². The van der Waals surface area contributed by atoms with Crippen molar-refractivity contribution in [1.82, 2.24) is 25.3 Å². The second-order valence-corrected chi connectivity index (χ2v) is 6.59. The number of carbonyl (C=O) groups is 1. The van der Waals surface area contributed by atoms with Crippen LogP contribution in [0.3, 0.4) is 0 Å². The van der Waals surface area contributed by atoms with E-state index in [1.165, 1.54) is 12.1 Å². The van der Waals surface area contributed by atoms with Crippen LogP contribution < -0.4 is 5.32 Å². The van der Waals surface area contributed by atoms with Crippen LogP contribution in [-0.2, 0) is 0 Å². The number of carbonyl (C=O) groups excluding carboxylic acids is 1. The van der Waals surface area contributed by atoms with Crippen LogP contribution in [0.5, 0.6) is 11.5 Å². The molecule has 0 aliphatic rings. The Balaban J connectivity index is 1.56. The Morgan fingerprint density at radius 3 is 2.86 bits per heavy atom. The Morgan fingerprint density at radius 2 is 2.04 bits per heavy atom. The Bertz CT molecular complexity index is 1180. The van der Waals surface area contributed by atoms with Crippen molar-refractivity contribution in [3.8, 4) is 22.8 Å². The van der Waals surface area contributed by atoms with Gasteiger partial charge >= 0.3 is 0 Å². The molecule has 8 nitrogen and oxygen atoms in total. The number of pyridine rings is 1. The third kappa shape index (κ3) is 2.94. The Kier molecular flexibility index (Phi) is 4.23. The Labute approximate surface area is 160 Å². The average molecular weight is 377 g/mol. The molecular formula is C20H19N5O3. The average Bonchev–Trinajstić information content (AvgIpc) is 3.33. The van der Waals surface area contributed by atoms with Gasteiger partial charge < -0.3 is 25.5 Å². The minimum absolute atomic E-state index is 0.0639. The summed E-state index contributed by atoms with van der Waals surface area (Å²) in [4.78, 5) is 27.5. The zero-order chi connectivity index (χ0) is 19.8. The highest BCUT2D eigenvalue weighted by molar-refractivity contribution is 5.97. The van der Waals surface area contributed by atoms with Gasteiger partial charge in [-0.15, -0.1) is 0 Å². The van der Waals surface area contributed by atoms with Crippen molar-refractivity contribution in [2.45, 2.75) is 19.9 Å². The summed E-state index contributed by atoms with van der Waals surface area (Å²) in [6.45, 7) is 3.33. The number of nitrogens with zero attached hydrogens (tertiary/aromatic N) is 2. The number of phenolic OH excluding ortho intramolecular Hbond substituents is 2. The van der Waals surface area contributed by atoms with Gasteiger partial charge in [0.05, 0.1) is 23.5 Å². The molecule has 0 radical (unpaired) electrons. The van der Waals surface area contributed by atoms with Crippen LogP contribution >= 0.6 is 0 Å². The van der Waals surface area contributed by atoms with E-state index in [4.69, 9.17) is 0 Å². The maximum Gasteiger partial charge on any atom is 0.255 e. The summed E-state index contributed by atoms with van der Waals surface area (Å²) in [7, 11) is 0. The number of rotatable bonds is 4. The molecule has 0 unspecified atom stereocenters. The number of nitrogens with one attached hydrogen (secondary N) is 3. The normalized spacial score (nSPS) is 12.2. The van der Waals surface area contributed by atoms with Crippen LogP contribution in [0.4, 0.5) is 0 Å². The van der Waals surface area contributed by atoms with Crippen molar-refractivity contribution < 1.29 is 15.0 Å². The molecule has 28 heavy (non-hydrogen) atoms. The number of aromatic hydroxyl groups is 2. The van der Waals surface area contributed by atoms with Crippen LogP contribution in [-0.4, -0.2) is 36.1 Å². The number of aromatic amines is 2. The van der Waals surface area contributed by atoms with Gasteiger partial charge in [-0.25, -0.2) is 9.97 Å². The number of aromatic nitrogens is 4. The molecule has 8 heteroatoms. The highest BCUT2D eigenvalue weighted by Crippen LogP contribution is 2.30. The number of phenols is 2. The highest BCUT2D eigenvalue weighted by Gasteiger charge is 2.19. The summed E-state index contributed by atoms with van der Waals surface area (Å²) in [5, 5.41) is 23.5. The first-order valence-corrected chi connectivity index (χ1v) is 8.75. The van der Waals surface area contributed by atoms with E-state index < -0.39 is 11.9 Å². The molecule has 1 atom stereocenters. The Hall–Kier alpha value is -3.81. The van der Waals surface area contributed by atoms with E-state index in [2.05, 4.69) is 25.3 Å². The maximum atomic E-state index is 12.5. The van der Waals surface area contributed by atoms with Crippen LogP contribution in [0.25, 0.3) is 22.3 Å². The van der Waals surface area contributed by atoms with E-state index in [1.54, 1.807) is 26.2 Å². The summed E-state index contributed by atoms with van der Waals surface area (Å²) in [6.07, 6.45) is 5.28. The van der Waals surface area contributed by atoms with Gasteiger partial charge in [0.1, 0.15) is 23.0 Å². The van der Waals surface area contributed by atoms with Crippen LogP contribution in [0.1, 0.15) is 34.7 Å². The lowest BCUT2D eigenvalue weighted by atomic mass is 10.1. The van der Waals surface area contributed by atoms with E-state index in [-0.39, 0.29) is 22.6 Å². The molecule has 4 rings (SSSR count). The second-order valence-electron chi connectivity index (χ2n) is 6.59. The monoisotopic (exact) mass is 377 g/mol. The maximum absolute atomic E-state index is 12.5. The lowest BCUT2D eigenvalue weighted by Crippen LogP contribution is -2.27. The van der Waals surface area contributed by atoms with Crippen molar-refractivity contribution in [3.63, 3.8) is 0 Å². The molecule has 0 fully saturated rings. The van der Waals surface area contributed by atoms with Crippen molar-refractivity contribution in [2.24, 2.45) is 0 Å². The molecule has 0 aliphatic heterocycles. The van der Waals surface area contributed by atoms with E-state index >= 15 is 0 Å². The van der Waals surface area contributed by atoms with Gasteiger partial charge in [-0.05, 0) is 38.1 Å². The third-order valence-electron chi connectivity index (χ3n) is 4.74. The minimum Gasteiger partial charge on any atom is -0.508 e. The largest absolute Gasteiger partial charge is 0.508 e. The van der Waals surface area contributed by atoms with Crippen molar-refractivity contribution in [3.05, 3.63) is 59.8 Å². The van der Waals surface area contributed by atoms with E-state index in [0.717, 1.165) is 22.3 Å². The molecule has 0 bridgehead atoms. The highest BCUT2D eigenvalue weighted by atomic mass is 16.3. The predicted molar refractivity (Wildman–Crippen MR) is 104 cm³/mol. The number of hydrogen-bond acceptors (Lipinski definition) is 5.